The highest BCUT2D eigenvalue weighted by molar-refractivity contribution is 5.76. The van der Waals surface area contributed by atoms with Crippen LogP contribution in [0.1, 0.15) is 38.5 Å². The third-order valence-corrected chi connectivity index (χ3v) is 3.48. The fourth-order valence-corrected chi connectivity index (χ4v) is 2.36. The molecule has 14 heavy (non-hydrogen) atoms. The van der Waals surface area contributed by atoms with Crippen LogP contribution in [-0.2, 0) is 4.79 Å². The van der Waals surface area contributed by atoms with Crippen LogP contribution >= 0.6 is 0 Å². The van der Waals surface area contributed by atoms with Gasteiger partial charge in [0.1, 0.15) is 0 Å². The Morgan fingerprint density at radius 3 is 2.71 bits per heavy atom. The summed E-state index contributed by atoms with van der Waals surface area (Å²) in [6.07, 6.45) is 6.77. The van der Waals surface area contributed by atoms with Crippen molar-refractivity contribution < 1.29 is 4.79 Å². The second-order valence-corrected chi connectivity index (χ2v) is 4.75. The molecule has 2 fully saturated rings. The molecule has 0 bridgehead atoms. The van der Waals surface area contributed by atoms with E-state index in [-0.39, 0.29) is 5.91 Å². The topological polar surface area (TPSA) is 55.1 Å². The summed E-state index contributed by atoms with van der Waals surface area (Å²) in [4.78, 5) is 11.6. The van der Waals surface area contributed by atoms with Gasteiger partial charge in [0, 0.05) is 12.5 Å². The number of rotatable bonds is 4. The van der Waals surface area contributed by atoms with Gasteiger partial charge in [-0.05, 0) is 44.1 Å². The van der Waals surface area contributed by atoms with Crippen LogP contribution in [0.5, 0.6) is 0 Å². The molecule has 2 aliphatic carbocycles. The molecule has 0 aliphatic heterocycles. The standard InChI is InChI=1S/C11H20N2O/c12-7-9-2-1-3-10(9)13-11(14)6-8-4-5-8/h8-10H,1-7,12H2,(H,13,14). The van der Waals surface area contributed by atoms with E-state index in [0.29, 0.717) is 24.4 Å². The van der Waals surface area contributed by atoms with Crippen molar-refractivity contribution in [3.8, 4) is 0 Å². The lowest BCUT2D eigenvalue weighted by atomic mass is 10.0. The largest absolute Gasteiger partial charge is 0.353 e. The maximum absolute atomic E-state index is 11.6. The lowest BCUT2D eigenvalue weighted by Gasteiger charge is -2.19. The Kier molecular flexibility index (Phi) is 3.06. The lowest BCUT2D eigenvalue weighted by Crippen LogP contribution is -2.39. The van der Waals surface area contributed by atoms with Crippen molar-refractivity contribution in [3.63, 3.8) is 0 Å². The van der Waals surface area contributed by atoms with Crippen LogP contribution < -0.4 is 11.1 Å². The van der Waals surface area contributed by atoms with E-state index in [0.717, 1.165) is 12.8 Å². The molecule has 0 saturated heterocycles. The van der Waals surface area contributed by atoms with Gasteiger partial charge >= 0.3 is 0 Å². The summed E-state index contributed by atoms with van der Waals surface area (Å²) >= 11 is 0. The van der Waals surface area contributed by atoms with Gasteiger partial charge in [-0.15, -0.1) is 0 Å². The molecule has 3 N–H and O–H groups in total. The van der Waals surface area contributed by atoms with Gasteiger partial charge in [-0.3, -0.25) is 4.79 Å². The number of amides is 1. The highest BCUT2D eigenvalue weighted by Gasteiger charge is 2.29. The van der Waals surface area contributed by atoms with Crippen LogP contribution in [0, 0.1) is 11.8 Å². The average molecular weight is 196 g/mol. The van der Waals surface area contributed by atoms with Crippen LogP contribution in [0.15, 0.2) is 0 Å². The molecule has 2 aliphatic rings. The maximum Gasteiger partial charge on any atom is 0.220 e. The molecule has 2 rings (SSSR count). The predicted molar refractivity (Wildman–Crippen MR) is 55.7 cm³/mol. The Morgan fingerprint density at radius 2 is 2.07 bits per heavy atom. The minimum atomic E-state index is 0.248. The van der Waals surface area contributed by atoms with Gasteiger partial charge in [0.15, 0.2) is 0 Å². The average Bonchev–Trinajstić information content (AvgIpc) is 2.84. The van der Waals surface area contributed by atoms with Crippen LogP contribution in [0.4, 0.5) is 0 Å². The number of nitrogens with two attached hydrogens (primary N) is 1. The molecule has 0 spiro atoms. The third kappa shape index (κ3) is 2.47. The van der Waals surface area contributed by atoms with E-state index in [4.69, 9.17) is 5.73 Å². The fourth-order valence-electron chi connectivity index (χ4n) is 2.36. The summed E-state index contributed by atoms with van der Waals surface area (Å²) in [7, 11) is 0. The quantitative estimate of drug-likeness (QED) is 0.705. The van der Waals surface area contributed by atoms with Gasteiger partial charge in [0.2, 0.25) is 5.91 Å². The van der Waals surface area contributed by atoms with E-state index in [1.165, 1.54) is 25.7 Å². The minimum absolute atomic E-state index is 0.248. The maximum atomic E-state index is 11.6. The SMILES string of the molecule is NCC1CCCC1NC(=O)CC1CC1. The first-order chi connectivity index (χ1) is 6.79. The zero-order chi connectivity index (χ0) is 9.97. The molecular weight excluding hydrogens is 176 g/mol. The van der Waals surface area contributed by atoms with E-state index < -0.39 is 0 Å². The summed E-state index contributed by atoms with van der Waals surface area (Å²) in [5.74, 6) is 1.46. The second kappa shape index (κ2) is 4.30. The summed E-state index contributed by atoms with van der Waals surface area (Å²) in [6, 6.07) is 0.367. The van der Waals surface area contributed by atoms with Crippen molar-refractivity contribution in [1.82, 2.24) is 5.32 Å². The monoisotopic (exact) mass is 196 g/mol. The Hall–Kier alpha value is -0.570. The molecule has 0 aromatic rings. The van der Waals surface area contributed by atoms with E-state index >= 15 is 0 Å². The van der Waals surface area contributed by atoms with Gasteiger partial charge in [-0.2, -0.15) is 0 Å². The van der Waals surface area contributed by atoms with Crippen molar-refractivity contribution in [2.45, 2.75) is 44.6 Å². The number of hydrogen-bond acceptors (Lipinski definition) is 2. The molecule has 2 atom stereocenters. The second-order valence-electron chi connectivity index (χ2n) is 4.75. The molecule has 80 valence electrons. The molecular formula is C11H20N2O. The van der Waals surface area contributed by atoms with Gasteiger partial charge in [-0.25, -0.2) is 0 Å². The zero-order valence-electron chi connectivity index (χ0n) is 8.67. The van der Waals surface area contributed by atoms with Crippen molar-refractivity contribution in [3.05, 3.63) is 0 Å². The summed E-state index contributed by atoms with van der Waals surface area (Å²) in [5, 5.41) is 3.13. The van der Waals surface area contributed by atoms with Crippen LogP contribution in [0.2, 0.25) is 0 Å². The number of nitrogens with one attached hydrogen (secondary N) is 1. The van der Waals surface area contributed by atoms with Gasteiger partial charge in [0.25, 0.3) is 0 Å². The third-order valence-electron chi connectivity index (χ3n) is 3.48. The van der Waals surface area contributed by atoms with Gasteiger partial charge in [-0.1, -0.05) is 6.42 Å². The summed E-state index contributed by atoms with van der Waals surface area (Å²) in [6.45, 7) is 0.717. The molecule has 2 saturated carbocycles. The normalized spacial score (nSPS) is 31.8. The summed E-state index contributed by atoms with van der Waals surface area (Å²) in [5.41, 5.74) is 5.66. The first-order valence-corrected chi connectivity index (χ1v) is 5.79. The predicted octanol–water partition coefficient (Wildman–Crippen LogP) is 1.03. The van der Waals surface area contributed by atoms with Crippen molar-refractivity contribution >= 4 is 5.91 Å². The Balaban J connectivity index is 1.74. The van der Waals surface area contributed by atoms with Crippen molar-refractivity contribution in [2.75, 3.05) is 6.54 Å². The van der Waals surface area contributed by atoms with Crippen LogP contribution in [-0.4, -0.2) is 18.5 Å². The lowest BCUT2D eigenvalue weighted by molar-refractivity contribution is -0.122. The molecule has 3 heteroatoms. The van der Waals surface area contributed by atoms with E-state index in [1.54, 1.807) is 0 Å². The Labute approximate surface area is 85.4 Å². The first-order valence-electron chi connectivity index (χ1n) is 5.79. The van der Waals surface area contributed by atoms with Gasteiger partial charge < -0.3 is 11.1 Å². The van der Waals surface area contributed by atoms with Gasteiger partial charge in [0.05, 0.1) is 0 Å². The van der Waals surface area contributed by atoms with Crippen molar-refractivity contribution in [2.24, 2.45) is 17.6 Å². The minimum Gasteiger partial charge on any atom is -0.353 e. The molecule has 2 unspecified atom stereocenters. The molecule has 0 aromatic carbocycles. The van der Waals surface area contributed by atoms with E-state index in [2.05, 4.69) is 5.32 Å². The number of carbonyl (C=O) groups is 1. The Bertz CT molecular complexity index is 213. The molecule has 3 nitrogen and oxygen atoms in total. The molecule has 1 amide bonds. The zero-order valence-corrected chi connectivity index (χ0v) is 8.67. The molecule has 0 heterocycles. The molecule has 0 radical (unpaired) electrons. The highest BCUT2D eigenvalue weighted by atomic mass is 16.1. The Morgan fingerprint density at radius 1 is 1.29 bits per heavy atom. The smallest absolute Gasteiger partial charge is 0.220 e. The number of hydrogen-bond donors (Lipinski definition) is 2. The van der Waals surface area contributed by atoms with E-state index in [9.17, 15) is 4.79 Å². The van der Waals surface area contributed by atoms with Crippen LogP contribution in [0.25, 0.3) is 0 Å². The van der Waals surface area contributed by atoms with E-state index in [1.807, 2.05) is 0 Å². The van der Waals surface area contributed by atoms with Crippen LogP contribution in [0.3, 0.4) is 0 Å². The highest BCUT2D eigenvalue weighted by Crippen LogP contribution is 2.32. The first kappa shape index (κ1) is 9.97. The molecule has 0 aromatic heterocycles. The fraction of sp³-hybridized carbons (Fsp3) is 0.909. The number of carbonyl (C=O) groups excluding carboxylic acids is 1. The van der Waals surface area contributed by atoms with Crippen molar-refractivity contribution in [1.29, 1.82) is 0 Å². The summed E-state index contributed by atoms with van der Waals surface area (Å²) < 4.78 is 0.